The molecule has 2 aromatic carbocycles. The second kappa shape index (κ2) is 10.9. The van der Waals surface area contributed by atoms with Crippen molar-refractivity contribution in [2.75, 3.05) is 0 Å². The Bertz CT molecular complexity index is 949. The first-order chi connectivity index (χ1) is 16.2. The van der Waals surface area contributed by atoms with Gasteiger partial charge in [-0.2, -0.15) is 0 Å². The third-order valence-electron chi connectivity index (χ3n) is 5.90. The van der Waals surface area contributed by atoms with Crippen LogP contribution in [0.2, 0.25) is 0 Å². The van der Waals surface area contributed by atoms with E-state index in [0.717, 1.165) is 21.1 Å². The number of nitrogens with two attached hydrogens (primary N) is 2. The van der Waals surface area contributed by atoms with Gasteiger partial charge < -0.3 is 10.6 Å². The van der Waals surface area contributed by atoms with E-state index in [2.05, 4.69) is 10.6 Å². The van der Waals surface area contributed by atoms with Gasteiger partial charge in [-0.3, -0.25) is 29.2 Å². The molecule has 0 spiro atoms. The van der Waals surface area contributed by atoms with Crippen molar-refractivity contribution < 1.29 is 19.2 Å². The molecule has 1 aliphatic heterocycles. The van der Waals surface area contributed by atoms with Gasteiger partial charge in [0.2, 0.25) is 11.8 Å². The molecule has 0 radical (unpaired) electrons. The maximum absolute atomic E-state index is 13.2. The maximum Gasteiger partial charge on any atom is 0.260 e. The first-order valence-corrected chi connectivity index (χ1v) is 11.0. The van der Waals surface area contributed by atoms with Gasteiger partial charge in [0.05, 0.1) is 0 Å². The summed E-state index contributed by atoms with van der Waals surface area (Å²) in [7, 11) is 0. The molecule has 1 saturated heterocycles. The fourth-order valence-electron chi connectivity index (χ4n) is 3.68. The van der Waals surface area contributed by atoms with Gasteiger partial charge in [0.15, 0.2) is 0 Å². The topological polar surface area (TPSA) is 151 Å². The summed E-state index contributed by atoms with van der Waals surface area (Å²) in [5.41, 5.74) is 1.57. The van der Waals surface area contributed by atoms with Crippen LogP contribution in [-0.2, 0) is 32.0 Å². The van der Waals surface area contributed by atoms with E-state index < -0.39 is 47.8 Å². The van der Waals surface area contributed by atoms with Crippen LogP contribution in [-0.4, -0.2) is 57.8 Å². The molecule has 6 N–H and O–H groups in total. The van der Waals surface area contributed by atoms with Gasteiger partial charge in [-0.25, -0.2) is 11.7 Å². The lowest BCUT2D eigenvalue weighted by Crippen LogP contribution is -2.65. The van der Waals surface area contributed by atoms with Gasteiger partial charge in [-0.1, -0.05) is 60.7 Å². The third kappa shape index (κ3) is 5.77. The van der Waals surface area contributed by atoms with Crippen molar-refractivity contribution in [1.29, 1.82) is 0 Å². The molecule has 0 aliphatic carbocycles. The predicted octanol–water partition coefficient (Wildman–Crippen LogP) is -0.363. The minimum absolute atomic E-state index is 0.148. The Morgan fingerprint density at radius 1 is 0.647 bits per heavy atom. The van der Waals surface area contributed by atoms with Gasteiger partial charge in [-0.05, 0) is 25.0 Å². The summed E-state index contributed by atoms with van der Waals surface area (Å²) < 4.78 is 0. The molecule has 1 aliphatic rings. The molecular weight excluding hydrogens is 436 g/mol. The highest BCUT2D eigenvalue weighted by Gasteiger charge is 2.37. The number of benzene rings is 2. The molecule has 4 amide bonds. The number of nitrogens with one attached hydrogen (secondary N) is 2. The lowest BCUT2D eigenvalue weighted by atomic mass is 10.0. The predicted molar refractivity (Wildman–Crippen MR) is 125 cm³/mol. The fraction of sp³-hybridized carbons (Fsp3) is 0.333. The summed E-state index contributed by atoms with van der Waals surface area (Å²) in [4.78, 5) is 52.3. The van der Waals surface area contributed by atoms with Gasteiger partial charge in [0, 0.05) is 12.8 Å². The SMILES string of the molecule is C[C@@H]1C(=O)N[C@@H](Cc2ccccc2)C(=O)N(N)[C@H](C)C(=O)N[C@@H](Cc2ccccc2)C(=O)N1N. The average Bonchev–Trinajstić information content (AvgIpc) is 2.85. The normalized spacial score (nSPS) is 24.7. The second-order valence-corrected chi connectivity index (χ2v) is 8.34. The number of carbonyl (C=O) groups excluding carboxylic acids is 4. The van der Waals surface area contributed by atoms with Crippen molar-refractivity contribution in [2.45, 2.75) is 50.9 Å². The Labute approximate surface area is 198 Å². The number of carbonyl (C=O) groups is 4. The molecule has 0 aromatic heterocycles. The maximum atomic E-state index is 13.2. The fourth-order valence-corrected chi connectivity index (χ4v) is 3.68. The van der Waals surface area contributed by atoms with Gasteiger partial charge in [0.25, 0.3) is 11.8 Å². The Morgan fingerprint density at radius 3 is 1.29 bits per heavy atom. The summed E-state index contributed by atoms with van der Waals surface area (Å²) in [6, 6.07) is 13.8. The van der Waals surface area contributed by atoms with Crippen LogP contribution >= 0.6 is 0 Å². The van der Waals surface area contributed by atoms with E-state index in [1.807, 2.05) is 60.7 Å². The number of hydrogen-bond acceptors (Lipinski definition) is 6. The van der Waals surface area contributed by atoms with Crippen LogP contribution in [0.15, 0.2) is 60.7 Å². The molecule has 10 heteroatoms. The average molecular weight is 467 g/mol. The Kier molecular flexibility index (Phi) is 7.98. The highest BCUT2D eigenvalue weighted by atomic mass is 16.2. The van der Waals surface area contributed by atoms with E-state index in [4.69, 9.17) is 11.7 Å². The molecule has 0 unspecified atom stereocenters. The van der Waals surface area contributed by atoms with E-state index in [0.29, 0.717) is 0 Å². The summed E-state index contributed by atoms with van der Waals surface area (Å²) in [5, 5.41) is 6.88. The van der Waals surface area contributed by atoms with E-state index in [9.17, 15) is 19.2 Å². The molecule has 4 atom stereocenters. The minimum atomic E-state index is -1.10. The molecule has 0 saturated carbocycles. The van der Waals surface area contributed by atoms with Crippen LogP contribution in [0, 0.1) is 0 Å². The molecule has 0 bridgehead atoms. The molecule has 10 nitrogen and oxygen atoms in total. The van der Waals surface area contributed by atoms with Gasteiger partial charge >= 0.3 is 0 Å². The second-order valence-electron chi connectivity index (χ2n) is 8.34. The highest BCUT2D eigenvalue weighted by molar-refractivity contribution is 5.97. The monoisotopic (exact) mass is 466 g/mol. The van der Waals surface area contributed by atoms with Crippen molar-refractivity contribution in [1.82, 2.24) is 20.7 Å². The van der Waals surface area contributed by atoms with E-state index in [1.165, 1.54) is 13.8 Å². The first kappa shape index (κ1) is 24.9. The number of amides is 4. The van der Waals surface area contributed by atoms with Crippen molar-refractivity contribution in [3.63, 3.8) is 0 Å². The Morgan fingerprint density at radius 2 is 0.971 bits per heavy atom. The number of rotatable bonds is 4. The summed E-state index contributed by atoms with van der Waals surface area (Å²) >= 11 is 0. The summed E-state index contributed by atoms with van der Waals surface area (Å²) in [6.45, 7) is 2.90. The summed E-state index contributed by atoms with van der Waals surface area (Å²) in [6.07, 6.45) is 0.296. The standard InChI is InChI=1S/C24H30N6O4/c1-15-21(31)27-20(14-18-11-7-4-8-12-18)24(34)30(26)16(2)22(32)28-19(23(33)29(15)25)13-17-9-5-3-6-10-17/h3-12,15-16,19-20H,13-14,25-26H2,1-2H3,(H,27,31)(H,28,32)/t15-,16-,19+,20+/m1/s1. The highest BCUT2D eigenvalue weighted by Crippen LogP contribution is 2.12. The quantitative estimate of drug-likeness (QED) is 0.357. The van der Waals surface area contributed by atoms with Crippen LogP contribution < -0.4 is 22.3 Å². The lowest BCUT2D eigenvalue weighted by Gasteiger charge is -2.34. The van der Waals surface area contributed by atoms with Crippen LogP contribution in [0.3, 0.4) is 0 Å². The molecule has 3 rings (SSSR count). The van der Waals surface area contributed by atoms with E-state index >= 15 is 0 Å². The Balaban J connectivity index is 1.92. The molecule has 34 heavy (non-hydrogen) atoms. The number of hydrazine groups is 2. The zero-order chi connectivity index (χ0) is 24.8. The van der Waals surface area contributed by atoms with Crippen LogP contribution in [0.4, 0.5) is 0 Å². The number of nitrogens with zero attached hydrogens (tertiary/aromatic N) is 2. The first-order valence-electron chi connectivity index (χ1n) is 11.0. The van der Waals surface area contributed by atoms with E-state index in [-0.39, 0.29) is 12.8 Å². The summed E-state index contributed by atoms with van der Waals surface area (Å²) in [5.74, 6) is 9.55. The molecule has 2 aromatic rings. The van der Waals surface area contributed by atoms with Crippen molar-refractivity contribution in [3.8, 4) is 0 Å². The van der Waals surface area contributed by atoms with Crippen molar-refractivity contribution in [3.05, 3.63) is 71.8 Å². The van der Waals surface area contributed by atoms with Crippen molar-refractivity contribution in [2.24, 2.45) is 11.7 Å². The van der Waals surface area contributed by atoms with Gasteiger partial charge in [0.1, 0.15) is 24.2 Å². The van der Waals surface area contributed by atoms with Crippen molar-refractivity contribution >= 4 is 23.6 Å². The van der Waals surface area contributed by atoms with Gasteiger partial charge in [-0.15, -0.1) is 0 Å². The minimum Gasteiger partial charge on any atom is -0.342 e. The van der Waals surface area contributed by atoms with Crippen LogP contribution in [0.5, 0.6) is 0 Å². The zero-order valence-corrected chi connectivity index (χ0v) is 19.2. The zero-order valence-electron chi connectivity index (χ0n) is 19.2. The largest absolute Gasteiger partial charge is 0.342 e. The van der Waals surface area contributed by atoms with Crippen LogP contribution in [0.25, 0.3) is 0 Å². The Hall–Kier alpha value is -3.76. The molecular formula is C24H30N6O4. The molecule has 1 heterocycles. The van der Waals surface area contributed by atoms with Crippen LogP contribution in [0.1, 0.15) is 25.0 Å². The molecule has 180 valence electrons. The lowest BCUT2D eigenvalue weighted by molar-refractivity contribution is -0.148. The van der Waals surface area contributed by atoms with E-state index in [1.54, 1.807) is 0 Å². The third-order valence-corrected chi connectivity index (χ3v) is 5.90. The number of hydrogen-bond donors (Lipinski definition) is 4. The molecule has 1 fully saturated rings. The smallest absolute Gasteiger partial charge is 0.260 e.